The second-order valence-corrected chi connectivity index (χ2v) is 9.92. The molecular formula is C29H39F2N3O4. The minimum atomic E-state index is -1.04. The summed E-state index contributed by atoms with van der Waals surface area (Å²) in [6, 6.07) is 9.85. The number of rotatable bonds is 15. The van der Waals surface area contributed by atoms with Gasteiger partial charge in [0.1, 0.15) is 17.4 Å². The monoisotopic (exact) mass is 531 g/mol. The highest BCUT2D eigenvalue weighted by Crippen LogP contribution is 2.40. The van der Waals surface area contributed by atoms with E-state index in [9.17, 15) is 23.5 Å². The van der Waals surface area contributed by atoms with Crippen molar-refractivity contribution in [2.45, 2.75) is 58.2 Å². The zero-order valence-corrected chi connectivity index (χ0v) is 22.4. The van der Waals surface area contributed by atoms with E-state index in [1.165, 1.54) is 12.1 Å². The highest BCUT2D eigenvalue weighted by molar-refractivity contribution is 5.92. The molecule has 7 nitrogen and oxygen atoms in total. The van der Waals surface area contributed by atoms with Crippen molar-refractivity contribution in [2.75, 3.05) is 26.7 Å². The number of benzene rings is 2. The first-order valence-electron chi connectivity index (χ1n) is 13.3. The van der Waals surface area contributed by atoms with Gasteiger partial charge in [-0.2, -0.15) is 0 Å². The normalized spacial score (nSPS) is 17.9. The van der Waals surface area contributed by atoms with Gasteiger partial charge in [-0.3, -0.25) is 9.59 Å². The quantitative estimate of drug-likeness (QED) is 0.328. The molecule has 1 aliphatic carbocycles. The summed E-state index contributed by atoms with van der Waals surface area (Å²) < 4.78 is 32.9. The number of halogens is 2. The molecule has 208 valence electrons. The van der Waals surface area contributed by atoms with Crippen LogP contribution in [0, 0.1) is 23.5 Å². The van der Waals surface area contributed by atoms with E-state index in [-0.39, 0.29) is 30.7 Å². The molecule has 3 rings (SSSR count). The molecule has 0 bridgehead atoms. The highest BCUT2D eigenvalue weighted by Gasteiger charge is 2.49. The van der Waals surface area contributed by atoms with Gasteiger partial charge in [0.05, 0.1) is 31.1 Å². The van der Waals surface area contributed by atoms with E-state index in [4.69, 9.17) is 4.74 Å². The molecule has 4 atom stereocenters. The van der Waals surface area contributed by atoms with Crippen LogP contribution in [0.5, 0.6) is 5.75 Å². The maximum absolute atomic E-state index is 13.8. The molecule has 3 N–H and O–H groups in total. The van der Waals surface area contributed by atoms with Crippen molar-refractivity contribution in [3.05, 3.63) is 65.2 Å². The Hall–Kier alpha value is -3.04. The fourth-order valence-corrected chi connectivity index (χ4v) is 4.71. The Bertz CT molecular complexity index is 1060. The summed E-state index contributed by atoms with van der Waals surface area (Å²) >= 11 is 0. The molecule has 0 spiro atoms. The predicted octanol–water partition coefficient (Wildman–Crippen LogP) is 3.44. The molecular weight excluding hydrogens is 492 g/mol. The minimum Gasteiger partial charge on any atom is -0.497 e. The highest BCUT2D eigenvalue weighted by atomic mass is 19.1. The molecule has 0 heterocycles. The second kappa shape index (κ2) is 14.2. The molecule has 2 aromatic rings. The van der Waals surface area contributed by atoms with Crippen LogP contribution in [-0.2, 0) is 22.6 Å². The molecule has 0 radical (unpaired) electrons. The summed E-state index contributed by atoms with van der Waals surface area (Å²) in [5.41, 5.74) is 1.27. The SMILES string of the molecule is CCCN(CCC)C(=O)[C@@H]1C[C@H]1C(=O)N[C@@H](Cc1cc(F)cc(F)c1)[C@H](O)CNCc1cccc(OC)c1. The van der Waals surface area contributed by atoms with Gasteiger partial charge in [-0.1, -0.05) is 26.0 Å². The minimum absolute atomic E-state index is 0.0156. The fourth-order valence-electron chi connectivity index (χ4n) is 4.71. The molecule has 1 aliphatic rings. The Morgan fingerprint density at radius 1 is 1.05 bits per heavy atom. The van der Waals surface area contributed by atoms with Gasteiger partial charge in [0, 0.05) is 32.2 Å². The Morgan fingerprint density at radius 2 is 1.74 bits per heavy atom. The molecule has 0 aromatic heterocycles. The van der Waals surface area contributed by atoms with Crippen molar-refractivity contribution in [1.82, 2.24) is 15.5 Å². The average molecular weight is 532 g/mol. The van der Waals surface area contributed by atoms with Crippen LogP contribution in [0.1, 0.15) is 44.2 Å². The number of amides is 2. The van der Waals surface area contributed by atoms with Crippen molar-refractivity contribution >= 4 is 11.8 Å². The standard InChI is InChI=1S/C29H39F2N3O4/c1-4-9-34(10-5-2)29(37)25-16-24(25)28(36)33-26(14-20-11-21(30)15-22(31)12-20)27(35)18-32-17-19-7-6-8-23(13-19)38-3/h6-8,11-13,15,24-27,32,35H,4-5,9-10,14,16-18H2,1-3H3,(H,33,36)/t24-,25-,26+,27-/m1/s1. The lowest BCUT2D eigenvalue weighted by atomic mass is 10.00. The van der Waals surface area contributed by atoms with Gasteiger partial charge in [0.15, 0.2) is 0 Å². The van der Waals surface area contributed by atoms with Gasteiger partial charge in [0.2, 0.25) is 11.8 Å². The average Bonchev–Trinajstić information content (AvgIpc) is 3.68. The molecule has 1 fully saturated rings. The largest absolute Gasteiger partial charge is 0.497 e. The van der Waals surface area contributed by atoms with Crippen molar-refractivity contribution < 1.29 is 28.2 Å². The first-order chi connectivity index (χ1) is 18.2. The van der Waals surface area contributed by atoms with Crippen molar-refractivity contribution in [3.63, 3.8) is 0 Å². The van der Waals surface area contributed by atoms with Crippen molar-refractivity contribution in [1.29, 1.82) is 0 Å². The molecule has 1 saturated carbocycles. The van der Waals surface area contributed by atoms with E-state index in [1.54, 1.807) is 7.11 Å². The number of aliphatic hydroxyl groups excluding tert-OH is 1. The number of nitrogens with zero attached hydrogens (tertiary/aromatic N) is 1. The number of carbonyl (C=O) groups is 2. The van der Waals surface area contributed by atoms with E-state index in [1.807, 2.05) is 43.0 Å². The molecule has 0 aliphatic heterocycles. The van der Waals surface area contributed by atoms with Crippen LogP contribution in [0.15, 0.2) is 42.5 Å². The molecule has 9 heteroatoms. The molecule has 0 saturated heterocycles. The molecule has 0 unspecified atom stereocenters. The fraction of sp³-hybridized carbons (Fsp3) is 0.517. The number of hydrogen-bond donors (Lipinski definition) is 3. The lowest BCUT2D eigenvalue weighted by Gasteiger charge is -2.25. The van der Waals surface area contributed by atoms with E-state index in [2.05, 4.69) is 10.6 Å². The van der Waals surface area contributed by atoms with Crippen LogP contribution >= 0.6 is 0 Å². The zero-order valence-electron chi connectivity index (χ0n) is 22.4. The second-order valence-electron chi connectivity index (χ2n) is 9.92. The number of hydrogen-bond acceptors (Lipinski definition) is 5. The van der Waals surface area contributed by atoms with Crippen LogP contribution in [0.25, 0.3) is 0 Å². The Balaban J connectivity index is 1.65. The number of carbonyl (C=O) groups excluding carboxylic acids is 2. The van der Waals surface area contributed by atoms with Crippen molar-refractivity contribution in [2.24, 2.45) is 11.8 Å². The topological polar surface area (TPSA) is 90.9 Å². The number of aliphatic hydroxyl groups is 1. The number of nitrogens with one attached hydrogen (secondary N) is 2. The maximum atomic E-state index is 13.8. The van der Waals surface area contributed by atoms with Gasteiger partial charge < -0.3 is 25.4 Å². The Morgan fingerprint density at radius 3 is 2.37 bits per heavy atom. The molecule has 38 heavy (non-hydrogen) atoms. The van der Waals surface area contributed by atoms with E-state index in [0.717, 1.165) is 24.5 Å². The number of methoxy groups -OCH3 is 1. The third-order valence-corrected chi connectivity index (χ3v) is 6.73. The summed E-state index contributed by atoms with van der Waals surface area (Å²) in [4.78, 5) is 27.8. The lowest BCUT2D eigenvalue weighted by molar-refractivity contribution is -0.135. The van der Waals surface area contributed by atoms with Crippen LogP contribution in [-0.4, -0.2) is 60.7 Å². The third kappa shape index (κ3) is 8.49. The van der Waals surface area contributed by atoms with E-state index < -0.39 is 29.7 Å². The summed E-state index contributed by atoms with van der Waals surface area (Å²) in [5, 5.41) is 17.0. The van der Waals surface area contributed by atoms with Crippen LogP contribution in [0.2, 0.25) is 0 Å². The van der Waals surface area contributed by atoms with Crippen LogP contribution in [0.3, 0.4) is 0 Å². The summed E-state index contributed by atoms with van der Waals surface area (Å²) in [6.07, 6.45) is 1.14. The van der Waals surface area contributed by atoms with Crippen molar-refractivity contribution in [3.8, 4) is 5.75 Å². The van der Waals surface area contributed by atoms with E-state index in [0.29, 0.717) is 37.4 Å². The summed E-state index contributed by atoms with van der Waals surface area (Å²) in [6.45, 7) is 5.92. The van der Waals surface area contributed by atoms with Gasteiger partial charge in [-0.05, 0) is 61.1 Å². The van der Waals surface area contributed by atoms with Crippen LogP contribution in [0.4, 0.5) is 8.78 Å². The van der Waals surface area contributed by atoms with Gasteiger partial charge in [-0.25, -0.2) is 8.78 Å². The first-order valence-corrected chi connectivity index (χ1v) is 13.3. The summed E-state index contributed by atoms with van der Waals surface area (Å²) in [7, 11) is 1.59. The van der Waals surface area contributed by atoms with Gasteiger partial charge >= 0.3 is 0 Å². The van der Waals surface area contributed by atoms with Gasteiger partial charge in [0.25, 0.3) is 0 Å². The lowest BCUT2D eigenvalue weighted by Crippen LogP contribution is -2.49. The number of ether oxygens (including phenoxy) is 1. The smallest absolute Gasteiger partial charge is 0.226 e. The third-order valence-electron chi connectivity index (χ3n) is 6.73. The summed E-state index contributed by atoms with van der Waals surface area (Å²) in [5.74, 6) is -1.92. The zero-order chi connectivity index (χ0) is 27.7. The predicted molar refractivity (Wildman–Crippen MR) is 141 cm³/mol. The van der Waals surface area contributed by atoms with E-state index >= 15 is 0 Å². The Labute approximate surface area is 223 Å². The molecule has 2 aromatic carbocycles. The van der Waals surface area contributed by atoms with Crippen LogP contribution < -0.4 is 15.4 Å². The first kappa shape index (κ1) is 29.5. The van der Waals surface area contributed by atoms with Gasteiger partial charge in [-0.15, -0.1) is 0 Å². The Kier molecular flexibility index (Phi) is 11.0. The molecule has 2 amide bonds. The maximum Gasteiger partial charge on any atom is 0.226 e.